The van der Waals surface area contributed by atoms with Gasteiger partial charge in [0.05, 0.1) is 6.61 Å². The van der Waals surface area contributed by atoms with Crippen molar-refractivity contribution in [2.75, 3.05) is 43.9 Å². The number of aryl methyl sites for hydroxylation is 2. The number of thioether (sulfide) groups is 1. The molecule has 1 heterocycles. The van der Waals surface area contributed by atoms with E-state index in [-0.39, 0.29) is 5.97 Å². The Labute approximate surface area is 197 Å². The van der Waals surface area contributed by atoms with Crippen molar-refractivity contribution in [1.29, 1.82) is 0 Å². The van der Waals surface area contributed by atoms with Crippen molar-refractivity contribution in [2.45, 2.75) is 51.7 Å². The third-order valence-corrected chi connectivity index (χ3v) is 6.62. The van der Waals surface area contributed by atoms with Gasteiger partial charge in [0, 0.05) is 43.3 Å². The molecule has 0 atom stereocenters. The van der Waals surface area contributed by atoms with Crippen LogP contribution in [0.5, 0.6) is 5.75 Å². The monoisotopic (exact) mass is 456 g/mol. The fourth-order valence-electron chi connectivity index (χ4n) is 4.03. The van der Waals surface area contributed by atoms with E-state index in [0.717, 1.165) is 49.6 Å². The smallest absolute Gasteiger partial charge is 0.349 e. The number of piperazine rings is 1. The Hall–Kier alpha value is -2.18. The highest BCUT2D eigenvalue weighted by Gasteiger charge is 2.32. The molecule has 0 aromatic heterocycles. The van der Waals surface area contributed by atoms with Crippen LogP contribution in [0.1, 0.15) is 37.5 Å². The minimum absolute atomic E-state index is 0.345. The number of ether oxygens (including phenoxy) is 2. The molecule has 0 bridgehead atoms. The minimum atomic E-state index is -1.02. The lowest BCUT2D eigenvalue weighted by Crippen LogP contribution is -2.46. The standard InChI is InChI=1S/C26H36N2O3S/c1-7-30-25(29)26(4,5)31-24-19(2)16-22(17-20(24)3)28-14-12-27(13-15-28)18-21-8-10-23(32-6)11-9-21/h8-11,16-17H,7,12-15,18H2,1-6H3. The second-order valence-corrected chi connectivity index (χ2v) is 9.73. The number of carbonyl (C=O) groups excluding carboxylic acids is 1. The molecule has 174 valence electrons. The summed E-state index contributed by atoms with van der Waals surface area (Å²) in [6, 6.07) is 13.2. The first-order valence-electron chi connectivity index (χ1n) is 11.3. The summed E-state index contributed by atoms with van der Waals surface area (Å²) in [5, 5.41) is 0. The van der Waals surface area contributed by atoms with E-state index in [1.54, 1.807) is 32.5 Å². The number of anilines is 1. The average molecular weight is 457 g/mol. The fourth-order valence-corrected chi connectivity index (χ4v) is 4.43. The molecule has 3 rings (SSSR count). The average Bonchev–Trinajstić information content (AvgIpc) is 2.77. The molecule has 0 unspecified atom stereocenters. The summed E-state index contributed by atoms with van der Waals surface area (Å²) >= 11 is 1.78. The molecule has 0 N–H and O–H groups in total. The normalized spacial score (nSPS) is 15.0. The van der Waals surface area contributed by atoms with E-state index in [4.69, 9.17) is 9.47 Å². The SMILES string of the molecule is CCOC(=O)C(C)(C)Oc1c(C)cc(N2CCN(Cc3ccc(SC)cc3)CC2)cc1C. The van der Waals surface area contributed by atoms with Crippen molar-refractivity contribution in [2.24, 2.45) is 0 Å². The van der Waals surface area contributed by atoms with Gasteiger partial charge >= 0.3 is 5.97 Å². The van der Waals surface area contributed by atoms with Gasteiger partial charge in [0.1, 0.15) is 5.75 Å². The van der Waals surface area contributed by atoms with Gasteiger partial charge in [-0.05, 0) is 81.8 Å². The topological polar surface area (TPSA) is 42.0 Å². The van der Waals surface area contributed by atoms with E-state index in [2.05, 4.69) is 52.5 Å². The van der Waals surface area contributed by atoms with Crippen molar-refractivity contribution < 1.29 is 14.3 Å². The third kappa shape index (κ3) is 5.99. The maximum absolute atomic E-state index is 12.2. The zero-order valence-electron chi connectivity index (χ0n) is 20.2. The van der Waals surface area contributed by atoms with E-state index < -0.39 is 5.60 Å². The summed E-state index contributed by atoms with van der Waals surface area (Å²) in [5.74, 6) is 0.418. The van der Waals surface area contributed by atoms with Crippen LogP contribution in [0, 0.1) is 13.8 Å². The molecule has 0 amide bonds. The van der Waals surface area contributed by atoms with E-state index in [9.17, 15) is 4.79 Å². The maximum Gasteiger partial charge on any atom is 0.349 e. The number of hydrogen-bond donors (Lipinski definition) is 0. The predicted molar refractivity (Wildman–Crippen MR) is 133 cm³/mol. The van der Waals surface area contributed by atoms with Crippen LogP contribution in [0.2, 0.25) is 0 Å². The lowest BCUT2D eigenvalue weighted by Gasteiger charge is -2.36. The minimum Gasteiger partial charge on any atom is -0.476 e. The second kappa shape index (κ2) is 10.6. The molecule has 0 spiro atoms. The largest absolute Gasteiger partial charge is 0.476 e. The van der Waals surface area contributed by atoms with Crippen LogP contribution >= 0.6 is 11.8 Å². The number of carbonyl (C=O) groups is 1. The maximum atomic E-state index is 12.2. The Balaban J connectivity index is 1.62. The van der Waals surface area contributed by atoms with E-state index in [0.29, 0.717) is 6.61 Å². The lowest BCUT2D eigenvalue weighted by molar-refractivity contribution is -0.158. The highest BCUT2D eigenvalue weighted by molar-refractivity contribution is 7.98. The Morgan fingerprint density at radius 2 is 1.62 bits per heavy atom. The van der Waals surface area contributed by atoms with Crippen molar-refractivity contribution in [3.63, 3.8) is 0 Å². The van der Waals surface area contributed by atoms with Crippen molar-refractivity contribution >= 4 is 23.4 Å². The van der Waals surface area contributed by atoms with Crippen LogP contribution in [0.4, 0.5) is 5.69 Å². The number of hydrogen-bond acceptors (Lipinski definition) is 6. The molecule has 32 heavy (non-hydrogen) atoms. The van der Waals surface area contributed by atoms with Crippen LogP contribution < -0.4 is 9.64 Å². The molecule has 2 aromatic rings. The Morgan fingerprint density at radius 1 is 1.03 bits per heavy atom. The number of benzene rings is 2. The van der Waals surface area contributed by atoms with Crippen molar-refractivity contribution in [1.82, 2.24) is 4.90 Å². The fraction of sp³-hybridized carbons (Fsp3) is 0.500. The summed E-state index contributed by atoms with van der Waals surface area (Å²) in [7, 11) is 0. The quantitative estimate of drug-likeness (QED) is 0.408. The van der Waals surface area contributed by atoms with Crippen LogP contribution in [0.25, 0.3) is 0 Å². The van der Waals surface area contributed by atoms with E-state index >= 15 is 0 Å². The Morgan fingerprint density at radius 3 is 2.16 bits per heavy atom. The zero-order chi connectivity index (χ0) is 23.3. The first kappa shape index (κ1) is 24.5. The third-order valence-electron chi connectivity index (χ3n) is 5.87. The molecular formula is C26H36N2O3S. The molecule has 6 heteroatoms. The second-order valence-electron chi connectivity index (χ2n) is 8.85. The van der Waals surface area contributed by atoms with Gasteiger partial charge in [-0.2, -0.15) is 0 Å². The number of rotatable bonds is 8. The van der Waals surface area contributed by atoms with E-state index in [1.165, 1.54) is 16.1 Å². The lowest BCUT2D eigenvalue weighted by atomic mass is 10.1. The highest BCUT2D eigenvalue weighted by Crippen LogP contribution is 2.32. The summed E-state index contributed by atoms with van der Waals surface area (Å²) in [6.45, 7) is 14.8. The highest BCUT2D eigenvalue weighted by atomic mass is 32.2. The molecule has 2 aromatic carbocycles. The van der Waals surface area contributed by atoms with E-state index in [1.807, 2.05) is 13.8 Å². The van der Waals surface area contributed by atoms with Gasteiger partial charge in [0.2, 0.25) is 0 Å². The summed E-state index contributed by atoms with van der Waals surface area (Å²) in [5.41, 5.74) is 3.63. The molecule has 0 aliphatic carbocycles. The molecule has 1 fully saturated rings. The molecule has 1 saturated heterocycles. The Kier molecular flexibility index (Phi) is 8.12. The van der Waals surface area contributed by atoms with Gasteiger partial charge in [0.15, 0.2) is 5.60 Å². The van der Waals surface area contributed by atoms with Gasteiger partial charge < -0.3 is 14.4 Å². The summed E-state index contributed by atoms with van der Waals surface area (Å²) < 4.78 is 11.3. The van der Waals surface area contributed by atoms with Crippen molar-refractivity contribution in [3.05, 3.63) is 53.1 Å². The van der Waals surface area contributed by atoms with Crippen molar-refractivity contribution in [3.8, 4) is 5.75 Å². The van der Waals surface area contributed by atoms with Gasteiger partial charge in [0.25, 0.3) is 0 Å². The van der Waals surface area contributed by atoms with Gasteiger partial charge in [-0.3, -0.25) is 4.90 Å². The predicted octanol–water partition coefficient (Wildman–Crippen LogP) is 5.07. The number of nitrogens with zero attached hydrogens (tertiary/aromatic N) is 2. The molecule has 1 aliphatic rings. The summed E-state index contributed by atoms with van der Waals surface area (Å²) in [4.78, 5) is 18.5. The zero-order valence-corrected chi connectivity index (χ0v) is 21.1. The molecule has 0 radical (unpaired) electrons. The molecule has 0 saturated carbocycles. The van der Waals surface area contributed by atoms with Crippen LogP contribution in [-0.4, -0.2) is 55.5 Å². The van der Waals surface area contributed by atoms with Gasteiger partial charge in [-0.25, -0.2) is 4.79 Å². The first-order valence-corrected chi connectivity index (χ1v) is 12.5. The first-order chi connectivity index (χ1) is 15.2. The van der Waals surface area contributed by atoms with Gasteiger partial charge in [-0.1, -0.05) is 12.1 Å². The number of esters is 1. The van der Waals surface area contributed by atoms with Gasteiger partial charge in [-0.15, -0.1) is 11.8 Å². The molecule has 1 aliphatic heterocycles. The summed E-state index contributed by atoms with van der Waals surface area (Å²) in [6.07, 6.45) is 2.11. The Bertz CT molecular complexity index is 896. The van der Waals surface area contributed by atoms with Crippen LogP contribution in [0.15, 0.2) is 41.3 Å². The van der Waals surface area contributed by atoms with Crippen LogP contribution in [0.3, 0.4) is 0 Å². The van der Waals surface area contributed by atoms with Crippen LogP contribution in [-0.2, 0) is 16.1 Å². The molecular weight excluding hydrogens is 420 g/mol. The molecule has 5 nitrogen and oxygen atoms in total.